The van der Waals surface area contributed by atoms with Crippen molar-refractivity contribution in [2.75, 3.05) is 0 Å². The van der Waals surface area contributed by atoms with Crippen molar-refractivity contribution in [1.29, 1.82) is 0 Å². The SMILES string of the molecule is C[C@H](NC(=O)c1cccnc1Sc1ccccc1)[C@H]1C[C@H]2CC[C@H]1C2. The van der Waals surface area contributed by atoms with Crippen molar-refractivity contribution in [1.82, 2.24) is 10.3 Å². The lowest BCUT2D eigenvalue weighted by Gasteiger charge is -2.28. The van der Waals surface area contributed by atoms with E-state index in [4.69, 9.17) is 0 Å². The molecule has 4 rings (SSSR count). The smallest absolute Gasteiger partial charge is 0.254 e. The van der Waals surface area contributed by atoms with E-state index in [-0.39, 0.29) is 11.9 Å². The van der Waals surface area contributed by atoms with Gasteiger partial charge in [-0.05, 0) is 68.2 Å². The summed E-state index contributed by atoms with van der Waals surface area (Å²) < 4.78 is 0. The van der Waals surface area contributed by atoms with Gasteiger partial charge in [-0.15, -0.1) is 0 Å². The maximum absolute atomic E-state index is 12.9. The van der Waals surface area contributed by atoms with Crippen LogP contribution < -0.4 is 5.32 Å². The summed E-state index contributed by atoms with van der Waals surface area (Å²) in [4.78, 5) is 18.4. The second-order valence-corrected chi connectivity index (χ2v) is 8.43. The summed E-state index contributed by atoms with van der Waals surface area (Å²) in [5, 5.41) is 4.03. The first-order valence-corrected chi connectivity index (χ1v) is 10.0. The van der Waals surface area contributed by atoms with E-state index in [9.17, 15) is 4.79 Å². The monoisotopic (exact) mass is 352 g/mol. The highest BCUT2D eigenvalue weighted by Crippen LogP contribution is 2.49. The van der Waals surface area contributed by atoms with Crippen LogP contribution in [0.25, 0.3) is 0 Å². The molecule has 25 heavy (non-hydrogen) atoms. The van der Waals surface area contributed by atoms with Gasteiger partial charge in [-0.2, -0.15) is 0 Å². The molecule has 2 aromatic rings. The Balaban J connectivity index is 1.47. The van der Waals surface area contributed by atoms with Crippen molar-refractivity contribution in [2.45, 2.75) is 48.6 Å². The first-order valence-electron chi connectivity index (χ1n) is 9.19. The Kier molecular flexibility index (Phi) is 4.80. The van der Waals surface area contributed by atoms with Crippen LogP contribution in [0.5, 0.6) is 0 Å². The molecule has 0 unspecified atom stereocenters. The molecule has 2 bridgehead atoms. The van der Waals surface area contributed by atoms with Crippen molar-refractivity contribution >= 4 is 17.7 Å². The van der Waals surface area contributed by atoms with Gasteiger partial charge in [0.05, 0.1) is 5.56 Å². The van der Waals surface area contributed by atoms with Crippen molar-refractivity contribution in [2.24, 2.45) is 17.8 Å². The van der Waals surface area contributed by atoms with Gasteiger partial charge in [-0.1, -0.05) is 36.4 Å². The molecule has 4 atom stereocenters. The molecule has 1 aromatic heterocycles. The first-order chi connectivity index (χ1) is 12.2. The summed E-state index contributed by atoms with van der Waals surface area (Å²) in [5.41, 5.74) is 0.673. The summed E-state index contributed by atoms with van der Waals surface area (Å²) in [6.07, 6.45) is 7.14. The molecule has 1 amide bonds. The van der Waals surface area contributed by atoms with Crippen LogP contribution in [-0.2, 0) is 0 Å². The number of hydrogen-bond donors (Lipinski definition) is 1. The van der Waals surface area contributed by atoms with Gasteiger partial charge >= 0.3 is 0 Å². The van der Waals surface area contributed by atoms with E-state index in [2.05, 4.69) is 17.2 Å². The molecule has 3 nitrogen and oxygen atoms in total. The molecule has 0 aliphatic heterocycles. The van der Waals surface area contributed by atoms with Crippen molar-refractivity contribution in [3.8, 4) is 0 Å². The lowest BCUT2D eigenvalue weighted by Crippen LogP contribution is -2.40. The molecular formula is C21H24N2OS. The predicted molar refractivity (Wildman–Crippen MR) is 101 cm³/mol. The normalized spacial score (nSPS) is 25.7. The average Bonchev–Trinajstić information content (AvgIpc) is 3.26. The van der Waals surface area contributed by atoms with Crippen LogP contribution in [0.4, 0.5) is 0 Å². The van der Waals surface area contributed by atoms with Gasteiger partial charge in [0.25, 0.3) is 5.91 Å². The van der Waals surface area contributed by atoms with Gasteiger partial charge in [0.15, 0.2) is 0 Å². The van der Waals surface area contributed by atoms with Gasteiger partial charge in [0.2, 0.25) is 0 Å². The van der Waals surface area contributed by atoms with E-state index < -0.39 is 0 Å². The second kappa shape index (κ2) is 7.20. The van der Waals surface area contributed by atoms with Crippen molar-refractivity contribution < 1.29 is 4.79 Å². The van der Waals surface area contributed by atoms with Gasteiger partial charge in [-0.25, -0.2) is 4.98 Å². The molecule has 130 valence electrons. The van der Waals surface area contributed by atoms with Crippen LogP contribution in [0.1, 0.15) is 43.0 Å². The number of nitrogens with zero attached hydrogens (tertiary/aromatic N) is 1. The molecule has 0 saturated heterocycles. The number of pyridine rings is 1. The fraction of sp³-hybridized carbons (Fsp3) is 0.429. The minimum atomic E-state index is 0.00167. The largest absolute Gasteiger partial charge is 0.349 e. The maximum Gasteiger partial charge on any atom is 0.254 e. The lowest BCUT2D eigenvalue weighted by atomic mass is 9.84. The Labute approximate surface area is 153 Å². The topological polar surface area (TPSA) is 42.0 Å². The molecule has 1 N–H and O–H groups in total. The summed E-state index contributed by atoms with van der Waals surface area (Å²) in [6, 6.07) is 14.0. The number of carbonyl (C=O) groups is 1. The zero-order chi connectivity index (χ0) is 17.2. The Bertz CT molecular complexity index is 749. The molecule has 2 fully saturated rings. The third kappa shape index (κ3) is 3.59. The van der Waals surface area contributed by atoms with E-state index in [0.717, 1.165) is 21.8 Å². The number of carbonyl (C=O) groups excluding carboxylic acids is 1. The number of hydrogen-bond acceptors (Lipinski definition) is 3. The number of aromatic nitrogens is 1. The Morgan fingerprint density at radius 1 is 1.16 bits per heavy atom. The van der Waals surface area contributed by atoms with Crippen molar-refractivity contribution in [3.05, 3.63) is 54.2 Å². The van der Waals surface area contributed by atoms with Crippen LogP contribution in [0, 0.1) is 17.8 Å². The molecular weight excluding hydrogens is 328 g/mol. The Morgan fingerprint density at radius 2 is 2.00 bits per heavy atom. The third-order valence-electron chi connectivity index (χ3n) is 5.77. The number of rotatable bonds is 5. The average molecular weight is 353 g/mol. The fourth-order valence-corrected chi connectivity index (χ4v) is 5.44. The second-order valence-electron chi connectivity index (χ2n) is 7.37. The summed E-state index contributed by atoms with van der Waals surface area (Å²) in [5.74, 6) is 2.36. The van der Waals surface area contributed by atoms with Crippen LogP contribution in [0.2, 0.25) is 0 Å². The molecule has 1 aromatic carbocycles. The number of amides is 1. The zero-order valence-electron chi connectivity index (χ0n) is 14.5. The number of benzene rings is 1. The fourth-order valence-electron chi connectivity index (χ4n) is 4.54. The van der Waals surface area contributed by atoms with Crippen LogP contribution in [0.3, 0.4) is 0 Å². The minimum Gasteiger partial charge on any atom is -0.349 e. The van der Waals surface area contributed by atoms with Gasteiger partial charge in [0, 0.05) is 17.1 Å². The van der Waals surface area contributed by atoms with Crippen LogP contribution >= 0.6 is 11.8 Å². The van der Waals surface area contributed by atoms with Gasteiger partial charge < -0.3 is 5.32 Å². The van der Waals surface area contributed by atoms with E-state index in [1.807, 2.05) is 42.5 Å². The first kappa shape index (κ1) is 16.6. The molecule has 1 heterocycles. The van der Waals surface area contributed by atoms with Gasteiger partial charge in [-0.3, -0.25) is 4.79 Å². The van der Waals surface area contributed by atoms with Gasteiger partial charge in [0.1, 0.15) is 5.03 Å². The summed E-state index contributed by atoms with van der Waals surface area (Å²) in [7, 11) is 0. The maximum atomic E-state index is 12.9. The molecule has 0 spiro atoms. The minimum absolute atomic E-state index is 0.00167. The summed E-state index contributed by atoms with van der Waals surface area (Å²) in [6.45, 7) is 2.17. The highest BCUT2D eigenvalue weighted by Gasteiger charge is 2.42. The quantitative estimate of drug-likeness (QED) is 0.841. The van der Waals surface area contributed by atoms with E-state index >= 15 is 0 Å². The number of nitrogens with one attached hydrogen (secondary N) is 1. The standard InChI is InChI=1S/C21H24N2OS/c1-14(19-13-15-9-10-16(19)12-15)23-20(24)18-8-5-11-22-21(18)25-17-6-3-2-4-7-17/h2-8,11,14-16,19H,9-10,12-13H2,1H3,(H,23,24)/t14-,15-,16-,19+/m0/s1. The third-order valence-corrected chi connectivity index (χ3v) is 6.79. The Hall–Kier alpha value is -1.81. The molecule has 4 heteroatoms. The predicted octanol–water partition coefficient (Wildman–Crippen LogP) is 4.79. The highest BCUT2D eigenvalue weighted by molar-refractivity contribution is 7.99. The molecule has 2 saturated carbocycles. The van der Waals surface area contributed by atoms with E-state index in [0.29, 0.717) is 11.5 Å². The molecule has 2 aliphatic rings. The Morgan fingerprint density at radius 3 is 2.72 bits per heavy atom. The molecule has 2 aliphatic carbocycles. The van der Waals surface area contributed by atoms with Crippen LogP contribution in [0.15, 0.2) is 58.6 Å². The zero-order valence-corrected chi connectivity index (χ0v) is 15.3. The van der Waals surface area contributed by atoms with Crippen LogP contribution in [-0.4, -0.2) is 16.9 Å². The summed E-state index contributed by atoms with van der Waals surface area (Å²) >= 11 is 1.54. The molecule has 0 radical (unpaired) electrons. The van der Waals surface area contributed by atoms with E-state index in [1.54, 1.807) is 18.0 Å². The lowest BCUT2D eigenvalue weighted by molar-refractivity contribution is 0.0911. The van der Waals surface area contributed by atoms with E-state index in [1.165, 1.54) is 25.7 Å². The number of fused-ring (bicyclic) bond motifs is 2. The highest BCUT2D eigenvalue weighted by atomic mass is 32.2. The van der Waals surface area contributed by atoms with Crippen molar-refractivity contribution in [3.63, 3.8) is 0 Å².